The van der Waals surface area contributed by atoms with E-state index in [4.69, 9.17) is 11.6 Å². The fraction of sp³-hybridized carbons (Fsp3) is 0.364. The van der Waals surface area contributed by atoms with Crippen molar-refractivity contribution in [2.45, 2.75) is 6.04 Å². The molecule has 1 aliphatic rings. The molecule has 1 aromatic carbocycles. The number of fused-ring (bicyclic) bond motifs is 1. The third kappa shape index (κ3) is 2.07. The van der Waals surface area contributed by atoms with Crippen LogP contribution in [-0.4, -0.2) is 23.0 Å². The monoisotopic (exact) mass is 270 g/mol. The Kier molecular flexibility index (Phi) is 3.07. The summed E-state index contributed by atoms with van der Waals surface area (Å²) in [6.07, 6.45) is 0. The Bertz CT molecular complexity index is 506. The Hall–Kier alpha value is -0.290. The summed E-state index contributed by atoms with van der Waals surface area (Å²) < 4.78 is 1.22. The van der Waals surface area contributed by atoms with Gasteiger partial charge in [-0.25, -0.2) is 4.98 Å². The molecule has 1 aromatic heterocycles. The number of nitrogens with zero attached hydrogens (tertiary/aromatic N) is 1. The van der Waals surface area contributed by atoms with Crippen molar-refractivity contribution in [2.24, 2.45) is 0 Å². The lowest BCUT2D eigenvalue weighted by atomic mass is 10.3. The van der Waals surface area contributed by atoms with Crippen LogP contribution in [0, 0.1) is 0 Å². The van der Waals surface area contributed by atoms with E-state index in [0.717, 1.165) is 22.8 Å². The Labute approximate surface area is 107 Å². The summed E-state index contributed by atoms with van der Waals surface area (Å²) in [6.45, 7) is 1.08. The highest BCUT2D eigenvalue weighted by Gasteiger charge is 2.18. The molecule has 5 heteroatoms. The zero-order chi connectivity index (χ0) is 11.0. The van der Waals surface area contributed by atoms with Crippen LogP contribution in [0.5, 0.6) is 0 Å². The van der Waals surface area contributed by atoms with Crippen molar-refractivity contribution in [2.75, 3.05) is 18.1 Å². The van der Waals surface area contributed by atoms with Crippen LogP contribution in [0.1, 0.15) is 11.0 Å². The Balaban J connectivity index is 1.97. The van der Waals surface area contributed by atoms with Crippen LogP contribution in [-0.2, 0) is 0 Å². The molecule has 1 aliphatic heterocycles. The molecule has 0 bridgehead atoms. The predicted octanol–water partition coefficient (Wildman–Crippen LogP) is 3.33. The quantitative estimate of drug-likeness (QED) is 0.860. The molecule has 2 heterocycles. The van der Waals surface area contributed by atoms with Crippen LogP contribution >= 0.6 is 34.7 Å². The van der Waals surface area contributed by atoms with Gasteiger partial charge in [0.2, 0.25) is 0 Å². The van der Waals surface area contributed by atoms with Crippen LogP contribution < -0.4 is 5.32 Å². The van der Waals surface area contributed by atoms with Crippen LogP contribution in [0.3, 0.4) is 0 Å². The summed E-state index contributed by atoms with van der Waals surface area (Å²) in [5.74, 6) is 2.32. The number of hydrogen-bond acceptors (Lipinski definition) is 4. The van der Waals surface area contributed by atoms with Crippen molar-refractivity contribution in [3.8, 4) is 0 Å². The summed E-state index contributed by atoms with van der Waals surface area (Å²) in [6, 6.07) is 6.33. The minimum absolute atomic E-state index is 0.412. The molecule has 0 spiro atoms. The van der Waals surface area contributed by atoms with E-state index >= 15 is 0 Å². The van der Waals surface area contributed by atoms with E-state index in [9.17, 15) is 0 Å². The van der Waals surface area contributed by atoms with E-state index in [-0.39, 0.29) is 0 Å². The second kappa shape index (κ2) is 4.53. The largest absolute Gasteiger partial charge is 0.306 e. The molecule has 1 fully saturated rings. The molecule has 16 heavy (non-hydrogen) atoms. The highest BCUT2D eigenvalue weighted by Crippen LogP contribution is 2.30. The lowest BCUT2D eigenvalue weighted by Gasteiger charge is -2.20. The first kappa shape index (κ1) is 10.8. The number of thioether (sulfide) groups is 1. The van der Waals surface area contributed by atoms with Crippen LogP contribution in [0.25, 0.3) is 10.2 Å². The summed E-state index contributed by atoms with van der Waals surface area (Å²) in [5.41, 5.74) is 1.02. The molecule has 2 nitrogen and oxygen atoms in total. The van der Waals surface area contributed by atoms with Crippen molar-refractivity contribution >= 4 is 44.9 Å². The zero-order valence-corrected chi connectivity index (χ0v) is 11.0. The van der Waals surface area contributed by atoms with E-state index < -0.39 is 0 Å². The van der Waals surface area contributed by atoms with Crippen LogP contribution in [0.15, 0.2) is 18.2 Å². The lowest BCUT2D eigenvalue weighted by Crippen LogP contribution is -2.30. The molecule has 1 saturated heterocycles. The number of nitrogens with one attached hydrogen (secondary N) is 1. The Morgan fingerprint density at radius 3 is 3.19 bits per heavy atom. The van der Waals surface area contributed by atoms with E-state index in [0.29, 0.717) is 6.04 Å². The van der Waals surface area contributed by atoms with Gasteiger partial charge in [0.15, 0.2) is 0 Å². The normalized spacial score (nSPS) is 21.4. The molecule has 0 amide bonds. The second-order valence-corrected chi connectivity index (χ2v) is 6.39. The zero-order valence-electron chi connectivity index (χ0n) is 8.57. The number of rotatable bonds is 1. The molecule has 1 atom stereocenters. The van der Waals surface area contributed by atoms with E-state index in [2.05, 4.69) is 16.4 Å². The third-order valence-corrected chi connectivity index (χ3v) is 5.03. The highest BCUT2D eigenvalue weighted by atomic mass is 35.5. The number of hydrogen-bond donors (Lipinski definition) is 1. The topological polar surface area (TPSA) is 24.9 Å². The van der Waals surface area contributed by atoms with Crippen LogP contribution in [0.2, 0.25) is 5.02 Å². The van der Waals surface area contributed by atoms with Crippen molar-refractivity contribution in [3.63, 3.8) is 0 Å². The van der Waals surface area contributed by atoms with E-state index in [1.54, 1.807) is 11.3 Å². The first-order chi connectivity index (χ1) is 7.83. The summed E-state index contributed by atoms with van der Waals surface area (Å²) >= 11 is 9.71. The summed E-state index contributed by atoms with van der Waals surface area (Å²) in [4.78, 5) is 4.66. The highest BCUT2D eigenvalue weighted by molar-refractivity contribution is 7.99. The molecular formula is C11H11ClN2S2. The molecule has 1 N–H and O–H groups in total. The Morgan fingerprint density at radius 1 is 1.44 bits per heavy atom. The minimum atomic E-state index is 0.412. The predicted molar refractivity (Wildman–Crippen MR) is 72.7 cm³/mol. The molecule has 0 radical (unpaired) electrons. The van der Waals surface area contributed by atoms with Gasteiger partial charge in [0.25, 0.3) is 0 Å². The van der Waals surface area contributed by atoms with Crippen molar-refractivity contribution in [1.82, 2.24) is 10.3 Å². The van der Waals surface area contributed by atoms with Gasteiger partial charge in [-0.2, -0.15) is 11.8 Å². The Morgan fingerprint density at radius 2 is 2.38 bits per heavy atom. The van der Waals surface area contributed by atoms with Crippen molar-refractivity contribution in [3.05, 3.63) is 28.2 Å². The fourth-order valence-corrected chi connectivity index (χ4v) is 4.03. The first-order valence-electron chi connectivity index (χ1n) is 5.20. The van der Waals surface area contributed by atoms with Gasteiger partial charge in [-0.05, 0) is 18.2 Å². The van der Waals surface area contributed by atoms with Crippen LogP contribution in [0.4, 0.5) is 0 Å². The third-order valence-electron chi connectivity index (χ3n) is 2.59. The number of benzene rings is 1. The summed E-state index contributed by atoms with van der Waals surface area (Å²) in [7, 11) is 0. The van der Waals surface area contributed by atoms with Gasteiger partial charge in [0.1, 0.15) is 5.01 Å². The number of thiazole rings is 1. The molecule has 3 rings (SSSR count). The average Bonchev–Trinajstić information content (AvgIpc) is 2.73. The van der Waals surface area contributed by atoms with Gasteiger partial charge in [-0.3, -0.25) is 0 Å². The lowest BCUT2D eigenvalue weighted by molar-refractivity contribution is 0.593. The maximum absolute atomic E-state index is 5.96. The maximum atomic E-state index is 5.96. The standard InChI is InChI=1S/C11H11ClN2S2/c12-7-1-2-10-8(5-7)14-11(16-10)9-6-15-4-3-13-9/h1-2,5,9,13H,3-4,6H2. The van der Waals surface area contributed by atoms with Gasteiger partial charge < -0.3 is 5.32 Å². The molecule has 0 aliphatic carbocycles. The van der Waals surface area contributed by atoms with Gasteiger partial charge in [0.05, 0.1) is 16.3 Å². The molecule has 1 unspecified atom stereocenters. The number of aromatic nitrogens is 1. The fourth-order valence-electron chi connectivity index (χ4n) is 1.79. The van der Waals surface area contributed by atoms with E-state index in [1.165, 1.54) is 15.5 Å². The van der Waals surface area contributed by atoms with Gasteiger partial charge >= 0.3 is 0 Å². The van der Waals surface area contributed by atoms with Gasteiger partial charge in [0, 0.05) is 23.1 Å². The second-order valence-electron chi connectivity index (χ2n) is 3.75. The molecule has 2 aromatic rings. The SMILES string of the molecule is Clc1ccc2sc(C3CSCCN3)nc2c1. The molecule has 84 valence electrons. The van der Waals surface area contributed by atoms with Crippen molar-refractivity contribution < 1.29 is 0 Å². The number of halogens is 1. The average molecular weight is 271 g/mol. The van der Waals surface area contributed by atoms with Crippen molar-refractivity contribution in [1.29, 1.82) is 0 Å². The first-order valence-corrected chi connectivity index (χ1v) is 7.55. The summed E-state index contributed by atoms with van der Waals surface area (Å²) in [5, 5.41) is 5.45. The maximum Gasteiger partial charge on any atom is 0.112 e. The van der Waals surface area contributed by atoms with Gasteiger partial charge in [-0.15, -0.1) is 11.3 Å². The minimum Gasteiger partial charge on any atom is -0.306 e. The molecule has 0 saturated carbocycles. The van der Waals surface area contributed by atoms with E-state index in [1.807, 2.05) is 23.9 Å². The smallest absolute Gasteiger partial charge is 0.112 e. The van der Waals surface area contributed by atoms with Gasteiger partial charge in [-0.1, -0.05) is 11.6 Å². The molecular weight excluding hydrogens is 260 g/mol.